The standard InChI is InChI=1S/C19H17BrN4O/c20-16-3-1-2-14(10-16)11-23(17-8-9-17)19(25)15-4-6-18(7-5-15)24-13-21-12-22-24/h1-7,10,12-13,17H,8-9,11H2. The van der Waals surface area contributed by atoms with Gasteiger partial charge in [-0.25, -0.2) is 9.67 Å². The molecule has 1 saturated carbocycles. The van der Waals surface area contributed by atoms with Gasteiger partial charge in [0.2, 0.25) is 0 Å². The minimum atomic E-state index is 0.0765. The van der Waals surface area contributed by atoms with E-state index in [-0.39, 0.29) is 5.91 Å². The van der Waals surface area contributed by atoms with Gasteiger partial charge in [-0.05, 0) is 54.8 Å². The fraction of sp³-hybridized carbons (Fsp3) is 0.211. The lowest BCUT2D eigenvalue weighted by molar-refractivity contribution is 0.0730. The molecule has 0 aliphatic heterocycles. The number of hydrogen-bond donors (Lipinski definition) is 0. The Morgan fingerprint density at radius 3 is 2.64 bits per heavy atom. The zero-order valence-corrected chi connectivity index (χ0v) is 15.1. The molecule has 0 radical (unpaired) electrons. The van der Waals surface area contributed by atoms with E-state index in [0.29, 0.717) is 18.2 Å². The van der Waals surface area contributed by atoms with Crippen molar-refractivity contribution < 1.29 is 4.79 Å². The molecule has 0 N–H and O–H groups in total. The lowest BCUT2D eigenvalue weighted by atomic mass is 10.1. The maximum Gasteiger partial charge on any atom is 0.254 e. The van der Waals surface area contributed by atoms with Crippen molar-refractivity contribution in [1.29, 1.82) is 0 Å². The predicted octanol–water partition coefficient (Wildman–Crippen LogP) is 3.83. The molecule has 1 aliphatic carbocycles. The molecule has 4 rings (SSSR count). The molecule has 126 valence electrons. The van der Waals surface area contributed by atoms with Crippen LogP contribution in [0.25, 0.3) is 5.69 Å². The largest absolute Gasteiger partial charge is 0.331 e. The second kappa shape index (κ2) is 6.80. The van der Waals surface area contributed by atoms with E-state index in [1.54, 1.807) is 11.0 Å². The number of aromatic nitrogens is 3. The molecule has 0 spiro atoms. The van der Waals surface area contributed by atoms with E-state index in [2.05, 4.69) is 38.1 Å². The molecule has 1 aliphatic rings. The number of carbonyl (C=O) groups is 1. The Balaban J connectivity index is 1.54. The van der Waals surface area contributed by atoms with Gasteiger partial charge in [-0.3, -0.25) is 4.79 Å². The number of halogens is 1. The van der Waals surface area contributed by atoms with Crippen molar-refractivity contribution in [1.82, 2.24) is 19.7 Å². The first-order valence-electron chi connectivity index (χ1n) is 8.21. The summed E-state index contributed by atoms with van der Waals surface area (Å²) in [6.45, 7) is 0.633. The van der Waals surface area contributed by atoms with Crippen LogP contribution in [-0.4, -0.2) is 31.6 Å². The molecule has 1 aromatic heterocycles. The van der Waals surface area contributed by atoms with Crippen LogP contribution in [0.5, 0.6) is 0 Å². The Bertz CT molecular complexity index is 873. The van der Waals surface area contributed by atoms with Crippen LogP contribution in [0.1, 0.15) is 28.8 Å². The molecule has 0 bridgehead atoms. The first-order chi connectivity index (χ1) is 12.2. The highest BCUT2D eigenvalue weighted by molar-refractivity contribution is 9.10. The summed E-state index contributed by atoms with van der Waals surface area (Å²) in [5.41, 5.74) is 2.72. The molecule has 1 heterocycles. The molecule has 3 aromatic rings. The Hall–Kier alpha value is -2.47. The minimum Gasteiger partial charge on any atom is -0.331 e. The van der Waals surface area contributed by atoms with Crippen molar-refractivity contribution in [2.24, 2.45) is 0 Å². The third kappa shape index (κ3) is 3.64. The summed E-state index contributed by atoms with van der Waals surface area (Å²) in [5, 5.41) is 4.10. The quantitative estimate of drug-likeness (QED) is 0.658. The number of carbonyl (C=O) groups excluding carboxylic acids is 1. The molecular formula is C19H17BrN4O. The predicted molar refractivity (Wildman–Crippen MR) is 98.4 cm³/mol. The molecule has 1 amide bonds. The van der Waals surface area contributed by atoms with Crippen LogP contribution in [0.2, 0.25) is 0 Å². The Morgan fingerprint density at radius 2 is 2.00 bits per heavy atom. The first kappa shape index (κ1) is 16.0. The third-order valence-corrected chi connectivity index (χ3v) is 4.78. The van der Waals surface area contributed by atoms with E-state index in [4.69, 9.17) is 0 Å². The maximum atomic E-state index is 13.0. The number of amides is 1. The lowest BCUT2D eigenvalue weighted by Crippen LogP contribution is -2.32. The summed E-state index contributed by atoms with van der Waals surface area (Å²) in [5.74, 6) is 0.0765. The number of rotatable bonds is 5. The molecule has 25 heavy (non-hydrogen) atoms. The van der Waals surface area contributed by atoms with Gasteiger partial charge in [-0.2, -0.15) is 5.10 Å². The summed E-state index contributed by atoms with van der Waals surface area (Å²) >= 11 is 3.50. The second-order valence-corrected chi connectivity index (χ2v) is 7.10. The van der Waals surface area contributed by atoms with Gasteiger partial charge in [0.15, 0.2) is 0 Å². The fourth-order valence-corrected chi connectivity index (χ4v) is 3.30. The topological polar surface area (TPSA) is 51.0 Å². The van der Waals surface area contributed by atoms with Crippen molar-refractivity contribution in [2.45, 2.75) is 25.4 Å². The van der Waals surface area contributed by atoms with Crippen molar-refractivity contribution in [2.75, 3.05) is 0 Å². The average molecular weight is 397 g/mol. The van der Waals surface area contributed by atoms with E-state index < -0.39 is 0 Å². The van der Waals surface area contributed by atoms with Crippen LogP contribution in [0.4, 0.5) is 0 Å². The van der Waals surface area contributed by atoms with Gasteiger partial charge in [0, 0.05) is 22.6 Å². The Labute approximate surface area is 154 Å². The van der Waals surface area contributed by atoms with Gasteiger partial charge in [0.05, 0.1) is 5.69 Å². The molecule has 5 nitrogen and oxygen atoms in total. The molecule has 6 heteroatoms. The summed E-state index contributed by atoms with van der Waals surface area (Å²) in [7, 11) is 0. The number of nitrogens with zero attached hydrogens (tertiary/aromatic N) is 4. The maximum absolute atomic E-state index is 13.0. The summed E-state index contributed by atoms with van der Waals surface area (Å²) in [6, 6.07) is 16.0. The van der Waals surface area contributed by atoms with Crippen molar-refractivity contribution >= 4 is 21.8 Å². The first-order valence-corrected chi connectivity index (χ1v) is 9.00. The monoisotopic (exact) mass is 396 g/mol. The van der Waals surface area contributed by atoms with Gasteiger partial charge in [-0.1, -0.05) is 28.1 Å². The van der Waals surface area contributed by atoms with E-state index in [1.807, 2.05) is 41.3 Å². The van der Waals surface area contributed by atoms with Crippen LogP contribution in [0, 0.1) is 0 Å². The highest BCUT2D eigenvalue weighted by atomic mass is 79.9. The molecule has 0 atom stereocenters. The van der Waals surface area contributed by atoms with Gasteiger partial charge in [0.1, 0.15) is 12.7 Å². The number of benzene rings is 2. The fourth-order valence-electron chi connectivity index (χ4n) is 2.85. The third-order valence-electron chi connectivity index (χ3n) is 4.29. The van der Waals surface area contributed by atoms with E-state index in [0.717, 1.165) is 28.6 Å². The molecule has 2 aromatic carbocycles. The highest BCUT2D eigenvalue weighted by Gasteiger charge is 2.33. The second-order valence-electron chi connectivity index (χ2n) is 6.18. The van der Waals surface area contributed by atoms with E-state index in [9.17, 15) is 4.79 Å². The van der Waals surface area contributed by atoms with Crippen LogP contribution in [0.15, 0.2) is 65.7 Å². The summed E-state index contributed by atoms with van der Waals surface area (Å²) < 4.78 is 2.71. The summed E-state index contributed by atoms with van der Waals surface area (Å²) in [4.78, 5) is 18.9. The van der Waals surface area contributed by atoms with Gasteiger partial charge in [0.25, 0.3) is 5.91 Å². The molecule has 1 fully saturated rings. The van der Waals surface area contributed by atoms with Crippen LogP contribution in [0.3, 0.4) is 0 Å². The zero-order valence-electron chi connectivity index (χ0n) is 13.5. The van der Waals surface area contributed by atoms with E-state index >= 15 is 0 Å². The SMILES string of the molecule is O=C(c1ccc(-n2cncn2)cc1)N(Cc1cccc(Br)c1)C1CC1. The van der Waals surface area contributed by atoms with Crippen molar-refractivity contribution in [3.63, 3.8) is 0 Å². The van der Waals surface area contributed by atoms with Gasteiger partial charge in [-0.15, -0.1) is 0 Å². The normalized spacial score (nSPS) is 13.6. The number of hydrogen-bond acceptors (Lipinski definition) is 3. The molecule has 0 saturated heterocycles. The van der Waals surface area contributed by atoms with Crippen LogP contribution >= 0.6 is 15.9 Å². The van der Waals surface area contributed by atoms with Gasteiger partial charge < -0.3 is 4.90 Å². The van der Waals surface area contributed by atoms with Crippen LogP contribution in [-0.2, 0) is 6.54 Å². The van der Waals surface area contributed by atoms with Crippen molar-refractivity contribution in [3.8, 4) is 5.69 Å². The Kier molecular flexibility index (Phi) is 4.36. The Morgan fingerprint density at radius 1 is 1.20 bits per heavy atom. The smallest absolute Gasteiger partial charge is 0.254 e. The summed E-state index contributed by atoms with van der Waals surface area (Å²) in [6.07, 6.45) is 5.29. The molecule has 0 unspecified atom stereocenters. The average Bonchev–Trinajstić information content (AvgIpc) is 3.32. The van der Waals surface area contributed by atoms with Gasteiger partial charge >= 0.3 is 0 Å². The lowest BCUT2D eigenvalue weighted by Gasteiger charge is -2.23. The molecular weight excluding hydrogens is 380 g/mol. The van der Waals surface area contributed by atoms with E-state index in [1.165, 1.54) is 6.33 Å². The van der Waals surface area contributed by atoms with Crippen molar-refractivity contribution in [3.05, 3.63) is 76.8 Å². The van der Waals surface area contributed by atoms with Crippen LogP contribution < -0.4 is 0 Å². The zero-order chi connectivity index (χ0) is 17.2. The minimum absolute atomic E-state index is 0.0765. The highest BCUT2D eigenvalue weighted by Crippen LogP contribution is 2.30.